The fourth-order valence-electron chi connectivity index (χ4n) is 1.64. The SMILES string of the molecule is CCCNC(c1csc(Br)c1)c1sccc1Cl. The van der Waals surface area contributed by atoms with Crippen molar-refractivity contribution in [1.29, 1.82) is 0 Å². The Hall–Kier alpha value is 0.130. The third-order valence-electron chi connectivity index (χ3n) is 2.43. The Morgan fingerprint density at radius 2 is 2.29 bits per heavy atom. The average Bonchev–Trinajstić information content (AvgIpc) is 2.90. The van der Waals surface area contributed by atoms with E-state index in [1.165, 1.54) is 10.4 Å². The fourth-order valence-corrected chi connectivity index (χ4v) is 4.11. The molecule has 0 radical (unpaired) electrons. The zero-order chi connectivity index (χ0) is 12.3. The molecule has 0 saturated carbocycles. The van der Waals surface area contributed by atoms with Crippen molar-refractivity contribution in [3.8, 4) is 0 Å². The molecule has 0 aliphatic carbocycles. The molecule has 5 heteroatoms. The predicted octanol–water partition coefficient (Wildman–Crippen LogP) is 5.31. The van der Waals surface area contributed by atoms with Crippen LogP contribution in [0.1, 0.15) is 29.8 Å². The average molecular weight is 351 g/mol. The minimum atomic E-state index is 0.213. The minimum Gasteiger partial charge on any atom is -0.306 e. The highest BCUT2D eigenvalue weighted by Gasteiger charge is 2.18. The van der Waals surface area contributed by atoms with E-state index in [1.54, 1.807) is 22.7 Å². The molecule has 1 atom stereocenters. The monoisotopic (exact) mass is 349 g/mol. The third kappa shape index (κ3) is 3.32. The lowest BCUT2D eigenvalue weighted by Crippen LogP contribution is -2.22. The summed E-state index contributed by atoms with van der Waals surface area (Å²) in [7, 11) is 0. The number of halogens is 2. The van der Waals surface area contributed by atoms with Gasteiger partial charge in [0.05, 0.1) is 14.9 Å². The van der Waals surface area contributed by atoms with Crippen molar-refractivity contribution in [1.82, 2.24) is 5.32 Å². The van der Waals surface area contributed by atoms with Crippen LogP contribution >= 0.6 is 50.2 Å². The molecule has 1 nitrogen and oxygen atoms in total. The molecule has 2 rings (SSSR count). The van der Waals surface area contributed by atoms with Crippen molar-refractivity contribution in [2.75, 3.05) is 6.54 Å². The molecule has 2 aromatic rings. The second-order valence-corrected chi connectivity index (χ2v) is 7.35. The van der Waals surface area contributed by atoms with E-state index in [4.69, 9.17) is 11.6 Å². The van der Waals surface area contributed by atoms with Gasteiger partial charge in [-0.25, -0.2) is 0 Å². The first-order chi connectivity index (χ1) is 8.22. The summed E-state index contributed by atoms with van der Waals surface area (Å²) in [6, 6.07) is 4.34. The molecular weight excluding hydrogens is 338 g/mol. The van der Waals surface area contributed by atoms with Gasteiger partial charge in [-0.05, 0) is 57.4 Å². The predicted molar refractivity (Wildman–Crippen MR) is 81.5 cm³/mol. The quantitative estimate of drug-likeness (QED) is 0.770. The first kappa shape index (κ1) is 13.6. The Bertz CT molecular complexity index is 480. The van der Waals surface area contributed by atoms with Crippen molar-refractivity contribution >= 4 is 50.2 Å². The Kier molecular flexibility index (Phi) is 5.06. The molecule has 92 valence electrons. The van der Waals surface area contributed by atoms with Crippen LogP contribution in [0.4, 0.5) is 0 Å². The van der Waals surface area contributed by atoms with Gasteiger partial charge in [0.25, 0.3) is 0 Å². The third-order valence-corrected chi connectivity index (χ3v) is 5.37. The van der Waals surface area contributed by atoms with Crippen LogP contribution in [0.2, 0.25) is 5.02 Å². The van der Waals surface area contributed by atoms with Crippen LogP contribution in [0.5, 0.6) is 0 Å². The van der Waals surface area contributed by atoms with Gasteiger partial charge in [-0.15, -0.1) is 22.7 Å². The molecule has 1 N–H and O–H groups in total. The number of rotatable bonds is 5. The molecule has 2 aromatic heterocycles. The van der Waals surface area contributed by atoms with Crippen LogP contribution in [0.25, 0.3) is 0 Å². The second kappa shape index (κ2) is 6.34. The lowest BCUT2D eigenvalue weighted by Gasteiger charge is -2.16. The van der Waals surface area contributed by atoms with Crippen molar-refractivity contribution in [3.63, 3.8) is 0 Å². The van der Waals surface area contributed by atoms with Crippen LogP contribution in [0.15, 0.2) is 26.7 Å². The molecule has 1 unspecified atom stereocenters. The van der Waals surface area contributed by atoms with E-state index >= 15 is 0 Å². The number of hydrogen-bond acceptors (Lipinski definition) is 3. The maximum Gasteiger partial charge on any atom is 0.0701 e. The largest absolute Gasteiger partial charge is 0.306 e. The van der Waals surface area contributed by atoms with Crippen LogP contribution in [-0.2, 0) is 0 Å². The van der Waals surface area contributed by atoms with Gasteiger partial charge in [-0.3, -0.25) is 0 Å². The summed E-state index contributed by atoms with van der Waals surface area (Å²) in [5, 5.41) is 8.62. The highest BCUT2D eigenvalue weighted by Crippen LogP contribution is 2.35. The van der Waals surface area contributed by atoms with E-state index in [-0.39, 0.29) is 6.04 Å². The lowest BCUT2D eigenvalue weighted by molar-refractivity contribution is 0.607. The van der Waals surface area contributed by atoms with Crippen LogP contribution in [0.3, 0.4) is 0 Å². The maximum atomic E-state index is 6.23. The molecule has 0 amide bonds. The molecule has 0 aliphatic heterocycles. The van der Waals surface area contributed by atoms with E-state index in [2.05, 4.69) is 39.6 Å². The molecule has 0 spiro atoms. The van der Waals surface area contributed by atoms with Crippen molar-refractivity contribution < 1.29 is 0 Å². The summed E-state index contributed by atoms with van der Waals surface area (Å²) >= 11 is 13.2. The van der Waals surface area contributed by atoms with Crippen molar-refractivity contribution in [2.24, 2.45) is 0 Å². The van der Waals surface area contributed by atoms with Gasteiger partial charge in [0, 0.05) is 4.88 Å². The Morgan fingerprint density at radius 3 is 2.82 bits per heavy atom. The smallest absolute Gasteiger partial charge is 0.0701 e. The zero-order valence-corrected chi connectivity index (χ0v) is 13.3. The molecule has 0 aromatic carbocycles. The summed E-state index contributed by atoms with van der Waals surface area (Å²) in [6.07, 6.45) is 1.12. The molecular formula is C12H13BrClNS2. The summed E-state index contributed by atoms with van der Waals surface area (Å²) < 4.78 is 1.16. The van der Waals surface area contributed by atoms with E-state index in [1.807, 2.05) is 11.4 Å². The highest BCUT2D eigenvalue weighted by molar-refractivity contribution is 9.11. The van der Waals surface area contributed by atoms with E-state index < -0.39 is 0 Å². The summed E-state index contributed by atoms with van der Waals surface area (Å²) in [4.78, 5) is 1.20. The van der Waals surface area contributed by atoms with Gasteiger partial charge >= 0.3 is 0 Å². The standard InChI is InChI=1S/C12H13BrClNS2/c1-2-4-15-11(8-6-10(13)17-7-8)12-9(14)3-5-16-12/h3,5-7,11,15H,2,4H2,1H3. The van der Waals surface area contributed by atoms with Gasteiger partial charge in [-0.2, -0.15) is 0 Å². The Morgan fingerprint density at radius 1 is 1.47 bits per heavy atom. The Balaban J connectivity index is 2.28. The highest BCUT2D eigenvalue weighted by atomic mass is 79.9. The summed E-state index contributed by atoms with van der Waals surface area (Å²) in [6.45, 7) is 3.16. The van der Waals surface area contributed by atoms with Gasteiger partial charge in [-0.1, -0.05) is 18.5 Å². The van der Waals surface area contributed by atoms with E-state index in [0.717, 1.165) is 21.8 Å². The maximum absolute atomic E-state index is 6.23. The van der Waals surface area contributed by atoms with Crippen LogP contribution in [-0.4, -0.2) is 6.54 Å². The first-order valence-corrected chi connectivity index (χ1v) is 8.35. The normalized spacial score (nSPS) is 12.9. The lowest BCUT2D eigenvalue weighted by atomic mass is 10.1. The summed E-state index contributed by atoms with van der Waals surface area (Å²) in [5.74, 6) is 0. The van der Waals surface area contributed by atoms with Crippen molar-refractivity contribution in [2.45, 2.75) is 19.4 Å². The van der Waals surface area contributed by atoms with Crippen LogP contribution in [0, 0.1) is 0 Å². The van der Waals surface area contributed by atoms with Gasteiger partial charge in [0.15, 0.2) is 0 Å². The molecule has 0 aliphatic rings. The number of thiophene rings is 2. The summed E-state index contributed by atoms with van der Waals surface area (Å²) in [5.41, 5.74) is 1.28. The zero-order valence-electron chi connectivity index (χ0n) is 9.37. The van der Waals surface area contributed by atoms with E-state index in [9.17, 15) is 0 Å². The van der Waals surface area contributed by atoms with E-state index in [0.29, 0.717) is 0 Å². The van der Waals surface area contributed by atoms with Gasteiger partial charge < -0.3 is 5.32 Å². The van der Waals surface area contributed by atoms with Gasteiger partial charge in [0.2, 0.25) is 0 Å². The molecule has 17 heavy (non-hydrogen) atoms. The topological polar surface area (TPSA) is 12.0 Å². The fraction of sp³-hybridized carbons (Fsp3) is 0.333. The molecule has 0 saturated heterocycles. The molecule has 0 fully saturated rings. The Labute approximate surface area is 123 Å². The molecule has 0 bridgehead atoms. The second-order valence-electron chi connectivity index (χ2n) is 3.70. The molecule has 2 heterocycles. The number of nitrogens with one attached hydrogen (secondary N) is 1. The first-order valence-electron chi connectivity index (χ1n) is 5.42. The van der Waals surface area contributed by atoms with Gasteiger partial charge in [0.1, 0.15) is 0 Å². The van der Waals surface area contributed by atoms with Crippen LogP contribution < -0.4 is 5.32 Å². The minimum absolute atomic E-state index is 0.213. The van der Waals surface area contributed by atoms with Crippen molar-refractivity contribution in [3.05, 3.63) is 42.1 Å². The number of hydrogen-bond donors (Lipinski definition) is 1.